The van der Waals surface area contributed by atoms with Crippen LogP contribution in [0, 0.1) is 0 Å². The summed E-state index contributed by atoms with van der Waals surface area (Å²) >= 11 is 0. The lowest BCUT2D eigenvalue weighted by molar-refractivity contribution is 0.0284. The zero-order valence-corrected chi connectivity index (χ0v) is 10.6. The van der Waals surface area contributed by atoms with Crippen LogP contribution in [0.1, 0.15) is 35.2 Å². The first-order chi connectivity index (χ1) is 8.74. The second-order valence-electron chi connectivity index (χ2n) is 4.34. The minimum Gasteiger partial charge on any atom is -0.382 e. The Morgan fingerprint density at radius 2 is 2.33 bits per heavy atom. The average Bonchev–Trinajstić information content (AvgIpc) is 3.12. The molecule has 1 aliphatic carbocycles. The summed E-state index contributed by atoms with van der Waals surface area (Å²) in [6, 6.07) is 0. The van der Waals surface area contributed by atoms with E-state index in [0.717, 1.165) is 18.7 Å². The van der Waals surface area contributed by atoms with Gasteiger partial charge in [-0.2, -0.15) is 0 Å². The van der Waals surface area contributed by atoms with Crippen LogP contribution in [0.25, 0.3) is 0 Å². The maximum Gasteiger partial charge on any atom is 0.291 e. The first-order valence-electron chi connectivity index (χ1n) is 5.96. The lowest BCUT2D eigenvalue weighted by Gasteiger charge is -2.14. The van der Waals surface area contributed by atoms with Crippen LogP contribution in [0.15, 0.2) is 0 Å². The Morgan fingerprint density at radius 1 is 1.56 bits per heavy atom. The van der Waals surface area contributed by atoms with Gasteiger partial charge in [-0.05, 0) is 12.8 Å². The molecule has 0 spiro atoms. The van der Waals surface area contributed by atoms with Gasteiger partial charge in [0.1, 0.15) is 5.82 Å². The Labute approximate surface area is 105 Å². The van der Waals surface area contributed by atoms with Crippen LogP contribution >= 0.6 is 0 Å². The number of hydrogen-bond donors (Lipinski definition) is 2. The van der Waals surface area contributed by atoms with Crippen LogP contribution in [0.5, 0.6) is 0 Å². The second kappa shape index (κ2) is 5.92. The van der Waals surface area contributed by atoms with Crippen molar-refractivity contribution in [3.05, 3.63) is 11.6 Å². The second-order valence-corrected chi connectivity index (χ2v) is 4.34. The number of nitrogens with zero attached hydrogens (tertiary/aromatic N) is 2. The number of carbonyl (C=O) groups excluding carboxylic acids is 1. The summed E-state index contributed by atoms with van der Waals surface area (Å²) in [5.74, 6) is 1.15. The maximum atomic E-state index is 11.8. The maximum absolute atomic E-state index is 11.8. The van der Waals surface area contributed by atoms with Crippen molar-refractivity contribution >= 4 is 5.91 Å². The first-order valence-corrected chi connectivity index (χ1v) is 5.96. The summed E-state index contributed by atoms with van der Waals surface area (Å²) in [7, 11) is 3.17. The zero-order valence-electron chi connectivity index (χ0n) is 10.6. The zero-order chi connectivity index (χ0) is 13.0. The van der Waals surface area contributed by atoms with Crippen molar-refractivity contribution in [3.63, 3.8) is 0 Å². The first kappa shape index (κ1) is 13.0. The molecule has 0 aromatic carbocycles. The Bertz CT molecular complexity index is 403. The topological polar surface area (TPSA) is 89.1 Å². The molecule has 1 unspecified atom stereocenters. The highest BCUT2D eigenvalue weighted by Crippen LogP contribution is 2.37. The van der Waals surface area contributed by atoms with Gasteiger partial charge in [-0.1, -0.05) is 0 Å². The molecule has 7 nitrogen and oxygen atoms in total. The molecule has 1 aromatic heterocycles. The largest absolute Gasteiger partial charge is 0.382 e. The summed E-state index contributed by atoms with van der Waals surface area (Å²) in [6.07, 6.45) is 2.08. The third-order valence-corrected chi connectivity index (χ3v) is 2.85. The smallest absolute Gasteiger partial charge is 0.291 e. The number of hydrogen-bond acceptors (Lipinski definition) is 5. The minimum absolute atomic E-state index is 0.166. The molecule has 2 rings (SSSR count). The molecule has 1 heterocycles. The highest BCUT2D eigenvalue weighted by Gasteiger charge is 2.28. The van der Waals surface area contributed by atoms with Crippen molar-refractivity contribution in [2.45, 2.75) is 24.9 Å². The van der Waals surface area contributed by atoms with Crippen LogP contribution in [0.4, 0.5) is 0 Å². The highest BCUT2D eigenvalue weighted by atomic mass is 16.5. The van der Waals surface area contributed by atoms with E-state index in [0.29, 0.717) is 19.1 Å². The van der Waals surface area contributed by atoms with Gasteiger partial charge in [-0.3, -0.25) is 9.89 Å². The fraction of sp³-hybridized carbons (Fsp3) is 0.727. The van der Waals surface area contributed by atoms with Crippen LogP contribution in [0.2, 0.25) is 0 Å². The quantitative estimate of drug-likeness (QED) is 0.719. The normalized spacial score (nSPS) is 16.6. The summed E-state index contributed by atoms with van der Waals surface area (Å²) < 4.78 is 10.1. The van der Waals surface area contributed by atoms with Gasteiger partial charge in [0.05, 0.1) is 12.7 Å². The molecule has 1 atom stereocenters. The molecule has 1 aromatic rings. The van der Waals surface area contributed by atoms with Gasteiger partial charge in [-0.15, -0.1) is 5.10 Å². The molecule has 1 fully saturated rings. The van der Waals surface area contributed by atoms with E-state index in [-0.39, 0.29) is 17.8 Å². The van der Waals surface area contributed by atoms with E-state index >= 15 is 0 Å². The minimum atomic E-state index is -0.295. The lowest BCUT2D eigenvalue weighted by Crippen LogP contribution is -2.36. The van der Waals surface area contributed by atoms with E-state index < -0.39 is 0 Å². The molecule has 0 saturated heterocycles. The third kappa shape index (κ3) is 3.27. The number of nitrogens with one attached hydrogen (secondary N) is 2. The summed E-state index contributed by atoms with van der Waals surface area (Å²) in [5, 5.41) is 9.42. The van der Waals surface area contributed by atoms with Gasteiger partial charge in [0.2, 0.25) is 5.82 Å². The van der Waals surface area contributed by atoms with Gasteiger partial charge in [0.15, 0.2) is 0 Å². The van der Waals surface area contributed by atoms with E-state index in [9.17, 15) is 4.79 Å². The van der Waals surface area contributed by atoms with Crippen LogP contribution in [0.3, 0.4) is 0 Å². The van der Waals surface area contributed by atoms with Crippen LogP contribution in [-0.4, -0.2) is 54.6 Å². The molecule has 1 aliphatic rings. The molecule has 100 valence electrons. The van der Waals surface area contributed by atoms with Crippen molar-refractivity contribution in [3.8, 4) is 0 Å². The summed E-state index contributed by atoms with van der Waals surface area (Å²) in [5.41, 5.74) is 0. The SMILES string of the molecule is COCC(CNC(=O)c1n[nH]c(C2CC2)n1)OC. The van der Waals surface area contributed by atoms with Crippen molar-refractivity contribution in [1.82, 2.24) is 20.5 Å². The molecule has 0 bridgehead atoms. The number of aromatic nitrogens is 3. The average molecular weight is 254 g/mol. The molecule has 18 heavy (non-hydrogen) atoms. The molecular weight excluding hydrogens is 236 g/mol. The summed E-state index contributed by atoms with van der Waals surface area (Å²) in [4.78, 5) is 15.9. The number of H-pyrrole nitrogens is 1. The molecule has 0 radical (unpaired) electrons. The number of methoxy groups -OCH3 is 2. The summed E-state index contributed by atoms with van der Waals surface area (Å²) in [6.45, 7) is 0.800. The van der Waals surface area contributed by atoms with E-state index in [4.69, 9.17) is 9.47 Å². The molecule has 1 saturated carbocycles. The van der Waals surface area contributed by atoms with Gasteiger partial charge in [0.25, 0.3) is 5.91 Å². The van der Waals surface area contributed by atoms with Crippen molar-refractivity contribution < 1.29 is 14.3 Å². The number of carbonyl (C=O) groups is 1. The predicted molar refractivity (Wildman–Crippen MR) is 63.4 cm³/mol. The molecule has 1 amide bonds. The van der Waals surface area contributed by atoms with Crippen LogP contribution in [-0.2, 0) is 9.47 Å². The third-order valence-electron chi connectivity index (χ3n) is 2.85. The number of ether oxygens (including phenoxy) is 2. The number of rotatable bonds is 7. The van der Waals surface area contributed by atoms with E-state index in [2.05, 4.69) is 20.5 Å². The number of amides is 1. The Balaban J connectivity index is 1.82. The Kier molecular flexibility index (Phi) is 4.27. The van der Waals surface area contributed by atoms with Gasteiger partial charge in [0, 0.05) is 26.7 Å². The monoisotopic (exact) mass is 254 g/mol. The Hall–Kier alpha value is -1.47. The van der Waals surface area contributed by atoms with E-state index in [1.54, 1.807) is 14.2 Å². The van der Waals surface area contributed by atoms with Crippen molar-refractivity contribution in [2.75, 3.05) is 27.4 Å². The highest BCUT2D eigenvalue weighted by molar-refractivity contribution is 5.90. The van der Waals surface area contributed by atoms with Crippen LogP contribution < -0.4 is 5.32 Å². The van der Waals surface area contributed by atoms with Gasteiger partial charge < -0.3 is 14.8 Å². The lowest BCUT2D eigenvalue weighted by atomic mass is 10.3. The van der Waals surface area contributed by atoms with Crippen molar-refractivity contribution in [1.29, 1.82) is 0 Å². The fourth-order valence-electron chi connectivity index (χ4n) is 1.60. The van der Waals surface area contributed by atoms with E-state index in [1.165, 1.54) is 0 Å². The molecule has 0 aliphatic heterocycles. The van der Waals surface area contributed by atoms with Crippen molar-refractivity contribution in [2.24, 2.45) is 0 Å². The number of aromatic amines is 1. The molecule has 2 N–H and O–H groups in total. The standard InChI is InChI=1S/C11H18N4O3/c1-17-6-8(18-2)5-12-11(16)10-13-9(14-15-10)7-3-4-7/h7-8H,3-6H2,1-2H3,(H,12,16)(H,13,14,15). The van der Waals surface area contributed by atoms with E-state index in [1.807, 2.05) is 0 Å². The Morgan fingerprint density at radius 3 is 2.94 bits per heavy atom. The predicted octanol–water partition coefficient (Wildman–Crippen LogP) is 0.0733. The van der Waals surface area contributed by atoms with Gasteiger partial charge >= 0.3 is 0 Å². The molecular formula is C11H18N4O3. The van der Waals surface area contributed by atoms with Gasteiger partial charge in [-0.25, -0.2) is 4.98 Å². The molecule has 7 heteroatoms. The fourth-order valence-corrected chi connectivity index (χ4v) is 1.60.